The predicted molar refractivity (Wildman–Crippen MR) is 62.2 cm³/mol. The van der Waals surface area contributed by atoms with Gasteiger partial charge in [-0.25, -0.2) is 0 Å². The zero-order valence-electron chi connectivity index (χ0n) is 10.3. The van der Waals surface area contributed by atoms with Gasteiger partial charge in [-0.2, -0.15) is 0 Å². The first-order valence-corrected chi connectivity index (χ1v) is 5.98. The van der Waals surface area contributed by atoms with E-state index in [1.54, 1.807) is 0 Å². The highest BCUT2D eigenvalue weighted by Gasteiger charge is 2.19. The molecule has 98 valence electrons. The molecule has 0 aliphatic carbocycles. The van der Waals surface area contributed by atoms with Crippen molar-refractivity contribution in [2.24, 2.45) is 5.92 Å². The van der Waals surface area contributed by atoms with Crippen LogP contribution in [0.2, 0.25) is 0 Å². The molecule has 0 spiro atoms. The maximum absolute atomic E-state index is 11.1. The molecular weight excluding hydrogens is 232 g/mol. The molecule has 0 bridgehead atoms. The number of hydrogen-bond donors (Lipinski definition) is 0. The number of rotatable bonds is 7. The smallest absolute Gasteiger partial charge is 0.0451 e. The van der Waals surface area contributed by atoms with E-state index in [0.717, 1.165) is 5.56 Å². The Bertz CT molecular complexity index is 400. The Balaban J connectivity index is 2.67. The van der Waals surface area contributed by atoms with Gasteiger partial charge in [-0.1, -0.05) is 37.3 Å². The molecule has 0 aliphatic heterocycles. The molecule has 4 heteroatoms. The fourth-order valence-corrected chi connectivity index (χ4v) is 2.03. The van der Waals surface area contributed by atoms with E-state index in [0.29, 0.717) is 0 Å². The third-order valence-corrected chi connectivity index (χ3v) is 3.13. The second kappa shape index (κ2) is 6.79. The zero-order chi connectivity index (χ0) is 13.5. The first kappa shape index (κ1) is 14.2. The summed E-state index contributed by atoms with van der Waals surface area (Å²) in [4.78, 5) is 21.4. The molecular formula is C14H16O4-2. The highest BCUT2D eigenvalue weighted by Crippen LogP contribution is 2.27. The van der Waals surface area contributed by atoms with Crippen molar-refractivity contribution in [3.05, 3.63) is 35.9 Å². The number of benzene rings is 1. The monoisotopic (exact) mass is 248 g/mol. The van der Waals surface area contributed by atoms with Crippen LogP contribution in [0, 0.1) is 5.92 Å². The number of aliphatic carboxylic acids is 2. The predicted octanol–water partition coefficient (Wildman–Crippen LogP) is 0.0764. The Kier molecular flexibility index (Phi) is 5.36. The first-order chi connectivity index (χ1) is 8.52. The van der Waals surface area contributed by atoms with Crippen LogP contribution in [0.5, 0.6) is 0 Å². The van der Waals surface area contributed by atoms with E-state index in [1.165, 1.54) is 0 Å². The highest BCUT2D eigenvalue weighted by molar-refractivity contribution is 5.69. The lowest BCUT2D eigenvalue weighted by molar-refractivity contribution is -0.313. The summed E-state index contributed by atoms with van der Waals surface area (Å²) in [7, 11) is 0. The summed E-state index contributed by atoms with van der Waals surface area (Å²) < 4.78 is 0. The Hall–Kier alpha value is -1.84. The van der Waals surface area contributed by atoms with Gasteiger partial charge in [-0.05, 0) is 30.7 Å². The van der Waals surface area contributed by atoms with Gasteiger partial charge < -0.3 is 19.8 Å². The second-order valence-corrected chi connectivity index (χ2v) is 4.39. The van der Waals surface area contributed by atoms with E-state index in [2.05, 4.69) is 0 Å². The van der Waals surface area contributed by atoms with Gasteiger partial charge in [-0.15, -0.1) is 0 Å². The molecule has 0 saturated carbocycles. The van der Waals surface area contributed by atoms with Crippen molar-refractivity contribution in [2.45, 2.75) is 32.1 Å². The lowest BCUT2D eigenvalue weighted by atomic mass is 9.84. The minimum atomic E-state index is -1.15. The van der Waals surface area contributed by atoms with Crippen molar-refractivity contribution < 1.29 is 19.8 Å². The van der Waals surface area contributed by atoms with Crippen molar-refractivity contribution in [2.75, 3.05) is 0 Å². The first-order valence-electron chi connectivity index (χ1n) is 5.98. The summed E-state index contributed by atoms with van der Waals surface area (Å²) in [6, 6.07) is 9.28. The molecule has 4 nitrogen and oxygen atoms in total. The molecule has 0 radical (unpaired) electrons. The Morgan fingerprint density at radius 1 is 1.17 bits per heavy atom. The van der Waals surface area contributed by atoms with E-state index >= 15 is 0 Å². The number of carbonyl (C=O) groups excluding carboxylic acids is 2. The normalized spacial score (nSPS) is 13.8. The average Bonchev–Trinajstić information content (AvgIpc) is 2.34. The molecule has 0 amide bonds. The third kappa shape index (κ3) is 4.20. The van der Waals surface area contributed by atoms with Gasteiger partial charge in [0.15, 0.2) is 0 Å². The van der Waals surface area contributed by atoms with Crippen LogP contribution in [0.4, 0.5) is 0 Å². The second-order valence-electron chi connectivity index (χ2n) is 4.39. The van der Waals surface area contributed by atoms with Gasteiger partial charge in [0, 0.05) is 17.9 Å². The number of carboxylic acids is 2. The highest BCUT2D eigenvalue weighted by atomic mass is 16.4. The molecule has 0 aromatic heterocycles. The van der Waals surface area contributed by atoms with Crippen molar-refractivity contribution >= 4 is 11.9 Å². The fraction of sp³-hybridized carbons (Fsp3) is 0.429. The maximum Gasteiger partial charge on any atom is 0.0451 e. The molecule has 18 heavy (non-hydrogen) atoms. The van der Waals surface area contributed by atoms with Crippen molar-refractivity contribution in [1.29, 1.82) is 0 Å². The van der Waals surface area contributed by atoms with Crippen LogP contribution in [0.15, 0.2) is 30.3 Å². The van der Waals surface area contributed by atoms with Gasteiger partial charge in [0.05, 0.1) is 0 Å². The van der Waals surface area contributed by atoms with Gasteiger partial charge in [-0.3, -0.25) is 0 Å². The summed E-state index contributed by atoms with van der Waals surface area (Å²) >= 11 is 0. The van der Waals surface area contributed by atoms with E-state index in [4.69, 9.17) is 0 Å². The van der Waals surface area contributed by atoms with Crippen LogP contribution < -0.4 is 10.2 Å². The molecule has 0 saturated heterocycles. The minimum Gasteiger partial charge on any atom is -0.550 e. The quantitative estimate of drug-likeness (QED) is 0.684. The Morgan fingerprint density at radius 2 is 1.78 bits per heavy atom. The average molecular weight is 248 g/mol. The van der Waals surface area contributed by atoms with E-state index in [1.807, 2.05) is 37.3 Å². The van der Waals surface area contributed by atoms with Crippen LogP contribution in [0.1, 0.15) is 37.7 Å². The number of carbonyl (C=O) groups is 2. The molecule has 1 rings (SSSR count). The summed E-state index contributed by atoms with van der Waals surface area (Å²) in [5, 5.41) is 21.4. The van der Waals surface area contributed by atoms with Crippen molar-refractivity contribution in [3.63, 3.8) is 0 Å². The number of carboxylic acid groups (broad SMARTS) is 2. The molecule has 0 aliphatic rings. The van der Waals surface area contributed by atoms with Crippen LogP contribution >= 0.6 is 0 Å². The zero-order valence-corrected chi connectivity index (χ0v) is 10.3. The Morgan fingerprint density at radius 3 is 2.28 bits per heavy atom. The van der Waals surface area contributed by atoms with Gasteiger partial charge in [0.1, 0.15) is 0 Å². The standard InChI is InChI=1S/C14H18O4/c1-10(11-6-3-2-4-7-11)12(14(17)18)8-5-9-13(15)16/h2-4,6-7,10,12H,5,8-9H2,1H3,(H,15,16)(H,17,18)/p-2. The Labute approximate surface area is 106 Å². The summed E-state index contributed by atoms with van der Waals surface area (Å²) in [6.45, 7) is 1.81. The van der Waals surface area contributed by atoms with Gasteiger partial charge >= 0.3 is 0 Å². The van der Waals surface area contributed by atoms with E-state index < -0.39 is 17.9 Å². The van der Waals surface area contributed by atoms with E-state index in [9.17, 15) is 19.8 Å². The summed E-state index contributed by atoms with van der Waals surface area (Å²) in [5.41, 5.74) is 0.917. The van der Waals surface area contributed by atoms with Gasteiger partial charge in [0.25, 0.3) is 0 Å². The minimum absolute atomic E-state index is 0.120. The lowest BCUT2D eigenvalue weighted by Crippen LogP contribution is -2.34. The maximum atomic E-state index is 11.1. The molecule has 0 N–H and O–H groups in total. The van der Waals surface area contributed by atoms with Crippen LogP contribution in [0.3, 0.4) is 0 Å². The lowest BCUT2D eigenvalue weighted by Gasteiger charge is -2.25. The van der Waals surface area contributed by atoms with Crippen LogP contribution in [0.25, 0.3) is 0 Å². The van der Waals surface area contributed by atoms with Gasteiger partial charge in [0.2, 0.25) is 0 Å². The summed E-state index contributed by atoms with van der Waals surface area (Å²) in [5.74, 6) is -3.16. The largest absolute Gasteiger partial charge is 0.550 e. The molecule has 0 heterocycles. The van der Waals surface area contributed by atoms with Crippen molar-refractivity contribution in [3.8, 4) is 0 Å². The van der Waals surface area contributed by atoms with E-state index in [-0.39, 0.29) is 25.2 Å². The molecule has 2 unspecified atom stereocenters. The molecule has 0 fully saturated rings. The van der Waals surface area contributed by atoms with Crippen LogP contribution in [-0.4, -0.2) is 11.9 Å². The molecule has 1 aromatic carbocycles. The molecule has 2 atom stereocenters. The number of hydrogen-bond acceptors (Lipinski definition) is 4. The molecule has 1 aromatic rings. The fourth-order valence-electron chi connectivity index (χ4n) is 2.03. The van der Waals surface area contributed by atoms with Crippen LogP contribution in [-0.2, 0) is 9.59 Å². The SMILES string of the molecule is CC(c1ccccc1)C(CCCC(=O)[O-])C(=O)[O-]. The van der Waals surface area contributed by atoms with Crippen molar-refractivity contribution in [1.82, 2.24) is 0 Å². The summed E-state index contributed by atoms with van der Waals surface area (Å²) in [6.07, 6.45) is 0.454. The topological polar surface area (TPSA) is 80.3 Å². The third-order valence-electron chi connectivity index (χ3n) is 3.13.